The Morgan fingerprint density at radius 3 is 1.69 bits per heavy atom. The molecule has 0 bridgehead atoms. The number of rotatable bonds is 0. The molecule has 0 radical (unpaired) electrons. The lowest BCUT2D eigenvalue weighted by atomic mass is 10.2. The number of benzene rings is 1. The average Bonchev–Trinajstić information content (AvgIpc) is 2.15. The van der Waals surface area contributed by atoms with E-state index < -0.39 is 0 Å². The van der Waals surface area contributed by atoms with Crippen molar-refractivity contribution in [3.05, 3.63) is 29.8 Å². The Kier molecular flexibility index (Phi) is 12.3. The molecule has 0 fully saturated rings. The monoisotopic (exact) mass is 181 g/mol. The van der Waals surface area contributed by atoms with Gasteiger partial charge in [0.25, 0.3) is 0 Å². The number of aryl methyl sites for hydroxylation is 1. The molecule has 76 valence electrons. The molecule has 0 aromatic heterocycles. The van der Waals surface area contributed by atoms with Crippen molar-refractivity contribution in [2.75, 3.05) is 5.73 Å². The van der Waals surface area contributed by atoms with Gasteiger partial charge in [-0.15, -0.1) is 0 Å². The van der Waals surface area contributed by atoms with Crippen molar-refractivity contribution in [2.24, 2.45) is 0 Å². The van der Waals surface area contributed by atoms with Crippen LogP contribution in [0.3, 0.4) is 0 Å². The van der Waals surface area contributed by atoms with E-state index in [0.717, 1.165) is 11.3 Å². The summed E-state index contributed by atoms with van der Waals surface area (Å²) in [5.41, 5.74) is 7.53. The Labute approximate surface area is 83.0 Å². The molecule has 1 rings (SSSR count). The van der Waals surface area contributed by atoms with Gasteiger partial charge in [0.15, 0.2) is 0 Å². The molecule has 1 heteroatoms. The second kappa shape index (κ2) is 11.0. The van der Waals surface area contributed by atoms with Crippen LogP contribution in [0.2, 0.25) is 0 Å². The average molecular weight is 181 g/mol. The predicted octanol–water partition coefficient (Wildman–Crippen LogP) is 4.02. The molecule has 0 saturated carbocycles. The van der Waals surface area contributed by atoms with E-state index in [2.05, 4.69) is 13.8 Å². The van der Waals surface area contributed by atoms with Gasteiger partial charge in [-0.05, 0) is 18.6 Å². The second-order valence-electron chi connectivity index (χ2n) is 2.56. The Bertz CT molecular complexity index is 173. The summed E-state index contributed by atoms with van der Waals surface area (Å²) in [4.78, 5) is 0. The van der Waals surface area contributed by atoms with Crippen molar-refractivity contribution in [2.45, 2.75) is 41.0 Å². The molecular formula is C12H23N. The first-order valence-corrected chi connectivity index (χ1v) is 5.03. The van der Waals surface area contributed by atoms with Crippen LogP contribution in [0.4, 0.5) is 5.69 Å². The zero-order chi connectivity index (χ0) is 10.7. The molecule has 0 heterocycles. The fourth-order valence-electron chi connectivity index (χ4n) is 0.587. The third-order valence-electron chi connectivity index (χ3n) is 1.19. The topological polar surface area (TPSA) is 26.0 Å². The van der Waals surface area contributed by atoms with E-state index in [0.29, 0.717) is 0 Å². The fraction of sp³-hybridized carbons (Fsp3) is 0.500. The minimum absolute atomic E-state index is 0.868. The molecule has 1 nitrogen and oxygen atoms in total. The number of hydrogen-bond acceptors (Lipinski definition) is 1. The summed E-state index contributed by atoms with van der Waals surface area (Å²) in [6, 6.07) is 7.80. The molecule has 0 unspecified atom stereocenters. The Morgan fingerprint density at radius 2 is 1.46 bits per heavy atom. The highest BCUT2D eigenvalue weighted by molar-refractivity contribution is 5.44. The third kappa shape index (κ3) is 8.93. The summed E-state index contributed by atoms with van der Waals surface area (Å²) in [6.45, 7) is 10.2. The van der Waals surface area contributed by atoms with Crippen LogP contribution >= 0.6 is 0 Å². The zero-order valence-corrected chi connectivity index (χ0v) is 9.59. The summed E-state index contributed by atoms with van der Waals surface area (Å²) >= 11 is 0. The molecule has 0 saturated heterocycles. The highest BCUT2D eigenvalue weighted by atomic mass is 14.5. The SMILES string of the molecule is CC.CCC.Cc1ccccc1N. The molecule has 0 aliphatic carbocycles. The van der Waals surface area contributed by atoms with Gasteiger partial charge in [-0.2, -0.15) is 0 Å². The summed E-state index contributed by atoms with van der Waals surface area (Å²) in [6.07, 6.45) is 1.25. The quantitative estimate of drug-likeness (QED) is 0.601. The lowest BCUT2D eigenvalue weighted by molar-refractivity contribution is 1.09. The van der Waals surface area contributed by atoms with Crippen LogP contribution in [-0.4, -0.2) is 0 Å². The number of para-hydroxylation sites is 1. The number of nitrogen functional groups attached to an aromatic ring is 1. The van der Waals surface area contributed by atoms with Crippen LogP contribution in [0.1, 0.15) is 39.7 Å². The molecule has 2 N–H and O–H groups in total. The van der Waals surface area contributed by atoms with Crippen molar-refractivity contribution in [1.82, 2.24) is 0 Å². The van der Waals surface area contributed by atoms with E-state index in [4.69, 9.17) is 5.73 Å². The van der Waals surface area contributed by atoms with Crippen LogP contribution in [0, 0.1) is 6.92 Å². The van der Waals surface area contributed by atoms with E-state index in [-0.39, 0.29) is 0 Å². The molecule has 1 aromatic carbocycles. The van der Waals surface area contributed by atoms with Crippen molar-refractivity contribution >= 4 is 5.69 Å². The molecule has 0 atom stereocenters. The van der Waals surface area contributed by atoms with E-state index in [1.54, 1.807) is 0 Å². The zero-order valence-electron chi connectivity index (χ0n) is 9.59. The van der Waals surface area contributed by atoms with Crippen LogP contribution in [0.5, 0.6) is 0 Å². The number of nitrogens with two attached hydrogens (primary N) is 1. The smallest absolute Gasteiger partial charge is 0.0343 e. The second-order valence-corrected chi connectivity index (χ2v) is 2.56. The summed E-state index contributed by atoms with van der Waals surface area (Å²) < 4.78 is 0. The molecular weight excluding hydrogens is 158 g/mol. The summed E-state index contributed by atoms with van der Waals surface area (Å²) in [7, 11) is 0. The van der Waals surface area contributed by atoms with Crippen LogP contribution in [0.25, 0.3) is 0 Å². The van der Waals surface area contributed by atoms with Crippen molar-refractivity contribution < 1.29 is 0 Å². The maximum absolute atomic E-state index is 5.52. The van der Waals surface area contributed by atoms with Crippen molar-refractivity contribution in [3.63, 3.8) is 0 Å². The minimum Gasteiger partial charge on any atom is -0.399 e. The van der Waals surface area contributed by atoms with E-state index in [1.165, 1.54) is 6.42 Å². The Balaban J connectivity index is 0. The lowest BCUT2D eigenvalue weighted by Gasteiger charge is -1.93. The molecule has 13 heavy (non-hydrogen) atoms. The first-order valence-electron chi connectivity index (χ1n) is 5.03. The lowest BCUT2D eigenvalue weighted by Crippen LogP contribution is -1.85. The first-order chi connectivity index (χ1) is 6.22. The molecule has 0 amide bonds. The third-order valence-corrected chi connectivity index (χ3v) is 1.19. The van der Waals surface area contributed by atoms with Gasteiger partial charge in [-0.1, -0.05) is 52.3 Å². The van der Waals surface area contributed by atoms with Gasteiger partial charge < -0.3 is 5.73 Å². The minimum atomic E-state index is 0.868. The van der Waals surface area contributed by atoms with Gasteiger partial charge in [0, 0.05) is 5.69 Å². The maximum Gasteiger partial charge on any atom is 0.0343 e. The molecule has 0 aliphatic heterocycles. The van der Waals surface area contributed by atoms with Gasteiger partial charge in [0.2, 0.25) is 0 Å². The van der Waals surface area contributed by atoms with Crippen LogP contribution < -0.4 is 5.73 Å². The van der Waals surface area contributed by atoms with E-state index in [9.17, 15) is 0 Å². The fourth-order valence-corrected chi connectivity index (χ4v) is 0.587. The highest BCUT2D eigenvalue weighted by Gasteiger charge is 1.84. The highest BCUT2D eigenvalue weighted by Crippen LogP contribution is 2.06. The van der Waals surface area contributed by atoms with E-state index in [1.807, 2.05) is 45.0 Å². The summed E-state index contributed by atoms with van der Waals surface area (Å²) in [5.74, 6) is 0. The normalized spacial score (nSPS) is 7.46. The Hall–Kier alpha value is -0.980. The largest absolute Gasteiger partial charge is 0.399 e. The summed E-state index contributed by atoms with van der Waals surface area (Å²) in [5, 5.41) is 0. The number of hydrogen-bond donors (Lipinski definition) is 1. The molecule has 0 spiro atoms. The molecule has 0 aliphatic rings. The first kappa shape index (κ1) is 14.5. The standard InChI is InChI=1S/C7H9N.C3H8.C2H6/c1-6-4-2-3-5-7(6)8;1-3-2;1-2/h2-5H,8H2,1H3;3H2,1-2H3;1-2H3. The Morgan fingerprint density at radius 1 is 1.08 bits per heavy atom. The van der Waals surface area contributed by atoms with Gasteiger partial charge in [0.05, 0.1) is 0 Å². The van der Waals surface area contributed by atoms with Gasteiger partial charge in [-0.25, -0.2) is 0 Å². The maximum atomic E-state index is 5.52. The van der Waals surface area contributed by atoms with Gasteiger partial charge in [-0.3, -0.25) is 0 Å². The van der Waals surface area contributed by atoms with Gasteiger partial charge in [0.1, 0.15) is 0 Å². The molecule has 1 aromatic rings. The van der Waals surface area contributed by atoms with Crippen LogP contribution in [0.15, 0.2) is 24.3 Å². The van der Waals surface area contributed by atoms with Crippen molar-refractivity contribution in [3.8, 4) is 0 Å². The van der Waals surface area contributed by atoms with Crippen molar-refractivity contribution in [1.29, 1.82) is 0 Å². The van der Waals surface area contributed by atoms with Gasteiger partial charge >= 0.3 is 0 Å². The van der Waals surface area contributed by atoms with E-state index >= 15 is 0 Å². The number of anilines is 1. The predicted molar refractivity (Wildman–Crippen MR) is 62.9 cm³/mol. The van der Waals surface area contributed by atoms with Crippen LogP contribution in [-0.2, 0) is 0 Å².